The summed E-state index contributed by atoms with van der Waals surface area (Å²) in [5.74, 6) is 1.88. The highest BCUT2D eigenvalue weighted by Crippen LogP contribution is 2.45. The minimum Gasteiger partial charge on any atom is -0.496 e. The lowest BCUT2D eigenvalue weighted by atomic mass is 9.84. The quantitative estimate of drug-likeness (QED) is 0.0500. The summed E-state index contributed by atoms with van der Waals surface area (Å²) in [6.07, 6.45) is 1.22. The standard InChI is InChI=1S/C32H36N6O7/c1-5-15-32(31(40)37-34-20-25-27(42-3)18-23(41-2)19-28(25)43-4)29(24-9-6-7-10-26(24)36-38-33)45-30(35-32)21-11-13-22(14-12-21)44-17-8-16-39/h5-7,9-14,18-19,29,34,39H,1,8,15-17,20H2,2-4H3,(H,37,40)/t29-,32-/m0/s1. The molecule has 45 heavy (non-hydrogen) atoms. The molecule has 0 radical (unpaired) electrons. The minimum absolute atomic E-state index is 0.0327. The van der Waals surface area contributed by atoms with Gasteiger partial charge in [-0.15, -0.1) is 6.58 Å². The Bertz CT molecular complexity index is 1550. The van der Waals surface area contributed by atoms with Gasteiger partial charge in [0.25, 0.3) is 5.91 Å². The number of hydrazine groups is 1. The van der Waals surface area contributed by atoms with Crippen LogP contribution >= 0.6 is 0 Å². The summed E-state index contributed by atoms with van der Waals surface area (Å²) in [6.45, 7) is 4.43. The van der Waals surface area contributed by atoms with E-state index >= 15 is 0 Å². The van der Waals surface area contributed by atoms with Crippen molar-refractivity contribution in [3.05, 3.63) is 100 Å². The summed E-state index contributed by atoms with van der Waals surface area (Å²) in [4.78, 5) is 22.0. The Morgan fingerprint density at radius 1 is 1.11 bits per heavy atom. The van der Waals surface area contributed by atoms with E-state index in [9.17, 15) is 10.3 Å². The molecule has 13 heteroatoms. The fourth-order valence-corrected chi connectivity index (χ4v) is 4.93. The number of hydrogen-bond donors (Lipinski definition) is 3. The van der Waals surface area contributed by atoms with Gasteiger partial charge in [-0.3, -0.25) is 10.2 Å². The molecular formula is C32H36N6O7. The first-order chi connectivity index (χ1) is 21.9. The van der Waals surface area contributed by atoms with Gasteiger partial charge in [0.1, 0.15) is 23.0 Å². The van der Waals surface area contributed by atoms with Gasteiger partial charge in [-0.05, 0) is 29.8 Å². The Morgan fingerprint density at radius 3 is 2.44 bits per heavy atom. The van der Waals surface area contributed by atoms with E-state index in [2.05, 4.69) is 27.5 Å². The predicted octanol–water partition coefficient (Wildman–Crippen LogP) is 5.07. The molecule has 0 fully saturated rings. The minimum atomic E-state index is -1.53. The molecule has 0 aliphatic carbocycles. The molecule has 0 bridgehead atoms. The number of ether oxygens (including phenoxy) is 5. The number of carbonyl (C=O) groups excluding carboxylic acids is 1. The summed E-state index contributed by atoms with van der Waals surface area (Å²) in [6, 6.07) is 17.4. The highest BCUT2D eigenvalue weighted by Gasteiger charge is 2.53. The van der Waals surface area contributed by atoms with E-state index < -0.39 is 17.6 Å². The monoisotopic (exact) mass is 616 g/mol. The van der Waals surface area contributed by atoms with E-state index in [0.29, 0.717) is 58.4 Å². The van der Waals surface area contributed by atoms with E-state index in [1.54, 1.807) is 73.8 Å². The zero-order chi connectivity index (χ0) is 32.2. The van der Waals surface area contributed by atoms with Gasteiger partial charge >= 0.3 is 0 Å². The van der Waals surface area contributed by atoms with Crippen LogP contribution in [0.2, 0.25) is 0 Å². The largest absolute Gasteiger partial charge is 0.496 e. The molecule has 0 spiro atoms. The summed E-state index contributed by atoms with van der Waals surface area (Å²) in [5, 5.41) is 12.9. The van der Waals surface area contributed by atoms with Crippen molar-refractivity contribution >= 4 is 17.5 Å². The van der Waals surface area contributed by atoms with E-state index in [0.717, 1.165) is 0 Å². The van der Waals surface area contributed by atoms with E-state index in [-0.39, 0.29) is 25.5 Å². The summed E-state index contributed by atoms with van der Waals surface area (Å²) in [7, 11) is 4.60. The molecule has 1 amide bonds. The number of nitrogens with zero attached hydrogens (tertiary/aromatic N) is 4. The lowest BCUT2D eigenvalue weighted by Crippen LogP contribution is -2.52. The first-order valence-electron chi connectivity index (χ1n) is 14.1. The fraction of sp³-hybridized carbons (Fsp3) is 0.312. The number of nitrogens with one attached hydrogen (secondary N) is 2. The zero-order valence-electron chi connectivity index (χ0n) is 25.4. The highest BCUT2D eigenvalue weighted by atomic mass is 16.5. The molecule has 3 aromatic carbocycles. The molecule has 1 aliphatic rings. The lowest BCUT2D eigenvalue weighted by molar-refractivity contribution is -0.129. The number of azide groups is 1. The van der Waals surface area contributed by atoms with Crippen molar-refractivity contribution in [3.63, 3.8) is 0 Å². The Hall–Kier alpha value is -5.23. The molecule has 236 valence electrons. The van der Waals surface area contributed by atoms with Crippen molar-refractivity contribution in [3.8, 4) is 23.0 Å². The van der Waals surface area contributed by atoms with Crippen LogP contribution in [-0.2, 0) is 16.1 Å². The van der Waals surface area contributed by atoms with Gasteiger partial charge in [0.2, 0.25) is 5.90 Å². The van der Waals surface area contributed by atoms with Crippen LogP contribution in [0.1, 0.15) is 35.6 Å². The maximum absolute atomic E-state index is 14.2. The maximum Gasteiger partial charge on any atom is 0.266 e. The highest BCUT2D eigenvalue weighted by molar-refractivity contribution is 6.01. The van der Waals surface area contributed by atoms with Crippen molar-refractivity contribution in [1.29, 1.82) is 0 Å². The normalized spacial score (nSPS) is 16.9. The first kappa shape index (κ1) is 32.7. The van der Waals surface area contributed by atoms with Crippen molar-refractivity contribution < 1.29 is 33.6 Å². The molecular weight excluding hydrogens is 580 g/mol. The third-order valence-electron chi connectivity index (χ3n) is 7.14. The summed E-state index contributed by atoms with van der Waals surface area (Å²) < 4.78 is 28.4. The van der Waals surface area contributed by atoms with Crippen LogP contribution in [0.4, 0.5) is 5.69 Å². The second-order valence-electron chi connectivity index (χ2n) is 9.85. The number of aliphatic imine (C=N–C) groups is 1. The average molecular weight is 617 g/mol. The van der Waals surface area contributed by atoms with Crippen LogP contribution in [0.3, 0.4) is 0 Å². The molecule has 1 heterocycles. The molecule has 1 aliphatic heterocycles. The van der Waals surface area contributed by atoms with Crippen molar-refractivity contribution in [2.45, 2.75) is 31.0 Å². The molecule has 3 aromatic rings. The Labute approximate surface area is 261 Å². The van der Waals surface area contributed by atoms with Crippen LogP contribution in [-0.4, -0.2) is 57.0 Å². The maximum atomic E-state index is 14.2. The smallest absolute Gasteiger partial charge is 0.266 e. The first-order valence-corrected chi connectivity index (χ1v) is 14.1. The van der Waals surface area contributed by atoms with Crippen molar-refractivity contribution in [1.82, 2.24) is 10.9 Å². The van der Waals surface area contributed by atoms with Crippen LogP contribution in [0.15, 0.2) is 83.4 Å². The lowest BCUT2D eigenvalue weighted by Gasteiger charge is -2.30. The molecule has 13 nitrogen and oxygen atoms in total. The summed E-state index contributed by atoms with van der Waals surface area (Å²) in [5.41, 5.74) is 15.5. The van der Waals surface area contributed by atoms with Crippen molar-refractivity contribution in [2.24, 2.45) is 10.1 Å². The number of hydrogen-bond acceptors (Lipinski definition) is 10. The van der Waals surface area contributed by atoms with Crippen LogP contribution < -0.4 is 29.8 Å². The van der Waals surface area contributed by atoms with Crippen LogP contribution in [0.5, 0.6) is 23.0 Å². The number of carbonyl (C=O) groups is 1. The van der Waals surface area contributed by atoms with Gasteiger partial charge in [0.05, 0.1) is 33.5 Å². The Morgan fingerprint density at radius 2 is 1.82 bits per heavy atom. The van der Waals surface area contributed by atoms with E-state index in [1.807, 2.05) is 0 Å². The number of rotatable bonds is 16. The third kappa shape index (κ3) is 7.29. The van der Waals surface area contributed by atoms with E-state index in [4.69, 9.17) is 33.8 Å². The fourth-order valence-electron chi connectivity index (χ4n) is 4.93. The zero-order valence-corrected chi connectivity index (χ0v) is 25.4. The van der Waals surface area contributed by atoms with Crippen molar-refractivity contribution in [2.75, 3.05) is 34.5 Å². The predicted molar refractivity (Wildman–Crippen MR) is 168 cm³/mol. The SMILES string of the molecule is C=CC[C@]1(C(=O)NNCc2c(OC)cc(OC)cc2OC)N=C(c2ccc(OCCCO)cc2)O[C@H]1c1ccccc1N=[N+]=[N-]. The number of benzene rings is 3. The molecule has 0 unspecified atom stereocenters. The van der Waals surface area contributed by atoms with Gasteiger partial charge in [0.15, 0.2) is 11.6 Å². The van der Waals surface area contributed by atoms with Gasteiger partial charge in [-0.1, -0.05) is 35.5 Å². The van der Waals surface area contributed by atoms with Gasteiger partial charge < -0.3 is 28.8 Å². The molecule has 0 aromatic heterocycles. The van der Waals surface area contributed by atoms with Gasteiger partial charge in [-0.2, -0.15) is 0 Å². The number of aliphatic hydroxyl groups is 1. The van der Waals surface area contributed by atoms with Gasteiger partial charge in [-0.25, -0.2) is 10.4 Å². The van der Waals surface area contributed by atoms with Gasteiger partial charge in [0, 0.05) is 59.9 Å². The molecule has 0 saturated heterocycles. The molecule has 3 N–H and O–H groups in total. The van der Waals surface area contributed by atoms with Crippen LogP contribution in [0, 0.1) is 0 Å². The number of methoxy groups -OCH3 is 3. The average Bonchev–Trinajstić information content (AvgIpc) is 3.45. The molecule has 0 saturated carbocycles. The second-order valence-corrected chi connectivity index (χ2v) is 9.85. The number of amides is 1. The topological polar surface area (TPSA) is 169 Å². The number of aliphatic hydroxyl groups excluding tert-OH is 1. The third-order valence-corrected chi connectivity index (χ3v) is 7.14. The Kier molecular flexibility index (Phi) is 11.2. The second kappa shape index (κ2) is 15.5. The van der Waals surface area contributed by atoms with E-state index in [1.165, 1.54) is 14.2 Å². The van der Waals surface area contributed by atoms with Crippen LogP contribution in [0.25, 0.3) is 10.4 Å². The molecule has 2 atom stereocenters. The molecule has 4 rings (SSSR count). The Balaban J connectivity index is 1.69. The summed E-state index contributed by atoms with van der Waals surface area (Å²) >= 11 is 0.